The van der Waals surface area contributed by atoms with Crippen molar-refractivity contribution in [3.63, 3.8) is 0 Å². The maximum absolute atomic E-state index is 10.7. The Balaban J connectivity index is -0.000000173. The fraction of sp³-hybridized carbons (Fsp3) is 0.900. The summed E-state index contributed by atoms with van der Waals surface area (Å²) in [6, 6.07) is 0. The van der Waals surface area contributed by atoms with Gasteiger partial charge in [0, 0.05) is 7.34 Å². The zero-order chi connectivity index (χ0) is 10.1. The van der Waals surface area contributed by atoms with Crippen molar-refractivity contribution in [2.45, 2.75) is 34.6 Å². The number of rotatable bonds is 3. The lowest BCUT2D eigenvalue weighted by molar-refractivity contribution is -0.120. The van der Waals surface area contributed by atoms with Crippen LogP contribution in [0.5, 0.6) is 0 Å². The van der Waals surface area contributed by atoms with Gasteiger partial charge < -0.3 is 5.32 Å². The van der Waals surface area contributed by atoms with Crippen LogP contribution in [0.2, 0.25) is 0 Å². The molecule has 0 aliphatic rings. The lowest BCUT2D eigenvalue weighted by atomic mass is 10.1. The van der Waals surface area contributed by atoms with Crippen molar-refractivity contribution in [1.82, 2.24) is 5.32 Å². The van der Waals surface area contributed by atoms with Gasteiger partial charge in [0.2, 0.25) is 0 Å². The maximum Gasteiger partial charge on any atom is 0.149 e. The summed E-state index contributed by atoms with van der Waals surface area (Å²) in [5, 5.41) is 2.80. The van der Waals surface area contributed by atoms with Gasteiger partial charge in [-0.25, -0.2) is 0 Å². The molecule has 0 atom stereocenters. The first-order valence-corrected chi connectivity index (χ1v) is 4.59. The van der Waals surface area contributed by atoms with Crippen LogP contribution in [0.15, 0.2) is 0 Å². The minimum absolute atomic E-state index is 0. The average molecular weight is 175 g/mol. The molecule has 0 bridgehead atoms. The molecule has 0 fully saturated rings. The predicted octanol–water partition coefficient (Wildman–Crippen LogP) is 2.34. The number of ketones is 1. The van der Waals surface area contributed by atoms with Gasteiger partial charge in [-0.1, -0.05) is 34.6 Å². The second kappa shape index (κ2) is 8.72. The number of carbonyl (C=O) groups excluding carboxylic acids is 1. The van der Waals surface area contributed by atoms with E-state index in [4.69, 9.17) is 0 Å². The first-order valence-electron chi connectivity index (χ1n) is 4.59. The van der Waals surface area contributed by atoms with Gasteiger partial charge in [0.1, 0.15) is 5.78 Å². The lowest BCUT2D eigenvalue weighted by Crippen LogP contribution is -2.22. The molecule has 0 heterocycles. The molecule has 0 radical (unpaired) electrons. The van der Waals surface area contributed by atoms with Crippen LogP contribution in [-0.2, 0) is 4.79 Å². The van der Waals surface area contributed by atoms with Gasteiger partial charge in [-0.05, 0) is 13.0 Å². The number of hydrogen-bond donors (Lipinski definition) is 1. The van der Waals surface area contributed by atoms with E-state index < -0.39 is 0 Å². The highest BCUT2D eigenvalue weighted by Gasteiger charge is 2.03. The molecule has 0 spiro atoms. The number of nitrogens with one attached hydrogen (secondary N) is 1. The van der Waals surface area contributed by atoms with Gasteiger partial charge in [0.05, 0.1) is 6.54 Å². The zero-order valence-electron chi connectivity index (χ0n) is 9.27. The molecule has 0 aliphatic carbocycles. The van der Waals surface area contributed by atoms with Gasteiger partial charge in [-0.2, -0.15) is 0 Å². The van der Waals surface area contributed by atoms with Crippen LogP contribution >= 0.6 is 0 Å². The third kappa shape index (κ3) is 16.3. The topological polar surface area (TPSA) is 29.1 Å². The molecule has 12 heavy (non-hydrogen) atoms. The summed E-state index contributed by atoms with van der Waals surface area (Å²) >= 11 is 0. The van der Waals surface area contributed by atoms with E-state index in [1.807, 2.05) is 13.8 Å². The monoisotopic (exact) mass is 175 g/mol. The van der Waals surface area contributed by atoms with E-state index in [0.717, 1.165) is 5.92 Å². The summed E-state index contributed by atoms with van der Waals surface area (Å²) in [5.74, 6) is 1.27. The quantitative estimate of drug-likeness (QED) is 0.713. The molecule has 0 aromatic rings. The van der Waals surface area contributed by atoms with Crippen molar-refractivity contribution in [1.29, 1.82) is 0 Å². The molecular formula is C10H25NO. The molecule has 0 saturated heterocycles. The minimum Gasteiger partial charge on any atom is -0.313 e. The van der Waals surface area contributed by atoms with Crippen LogP contribution in [0.4, 0.5) is 0 Å². The van der Waals surface area contributed by atoms with Crippen molar-refractivity contribution in [2.24, 2.45) is 11.8 Å². The molecule has 0 aromatic carbocycles. The summed E-state index contributed by atoms with van der Waals surface area (Å²) in [7, 11) is 1.78. The van der Waals surface area contributed by atoms with E-state index in [1.54, 1.807) is 7.05 Å². The van der Waals surface area contributed by atoms with Gasteiger partial charge >= 0.3 is 0 Å². The normalized spacial score (nSPS) is 9.67. The standard InChI is InChI=1S/C6H13NO.C4H10.H2/c1-5(2)6(8)4-7-3;1-4(2)3;/h5,7H,4H2,1-3H3;4H,1-3H3;1H. The Morgan fingerprint density at radius 2 is 1.58 bits per heavy atom. The molecule has 2 nitrogen and oxygen atoms in total. The first kappa shape index (κ1) is 14.2. The second-order valence-corrected chi connectivity index (χ2v) is 3.88. The summed E-state index contributed by atoms with van der Waals surface area (Å²) in [4.78, 5) is 10.7. The van der Waals surface area contributed by atoms with E-state index in [1.165, 1.54) is 0 Å². The minimum atomic E-state index is 0. The maximum atomic E-state index is 10.7. The largest absolute Gasteiger partial charge is 0.313 e. The van der Waals surface area contributed by atoms with Crippen molar-refractivity contribution in [3.8, 4) is 0 Å². The van der Waals surface area contributed by atoms with Crippen LogP contribution in [-0.4, -0.2) is 19.4 Å². The van der Waals surface area contributed by atoms with E-state index >= 15 is 0 Å². The van der Waals surface area contributed by atoms with Crippen molar-refractivity contribution in [2.75, 3.05) is 13.6 Å². The molecule has 2 heteroatoms. The first-order chi connectivity index (χ1) is 5.41. The lowest BCUT2D eigenvalue weighted by Gasteiger charge is -2.00. The Bertz CT molecular complexity index is 111. The Morgan fingerprint density at radius 1 is 1.25 bits per heavy atom. The smallest absolute Gasteiger partial charge is 0.149 e. The van der Waals surface area contributed by atoms with Crippen LogP contribution < -0.4 is 5.32 Å². The highest BCUT2D eigenvalue weighted by molar-refractivity contribution is 5.82. The summed E-state index contributed by atoms with van der Waals surface area (Å²) < 4.78 is 0. The van der Waals surface area contributed by atoms with E-state index in [0.29, 0.717) is 6.54 Å². The molecule has 76 valence electrons. The van der Waals surface area contributed by atoms with Gasteiger partial charge in [-0.3, -0.25) is 4.79 Å². The molecule has 0 saturated carbocycles. The zero-order valence-corrected chi connectivity index (χ0v) is 9.27. The van der Waals surface area contributed by atoms with Crippen molar-refractivity contribution < 1.29 is 6.22 Å². The Hall–Kier alpha value is -0.370. The summed E-state index contributed by atoms with van der Waals surface area (Å²) in [5.41, 5.74) is 0. The third-order valence-electron chi connectivity index (χ3n) is 0.995. The predicted molar refractivity (Wildman–Crippen MR) is 56.4 cm³/mol. The Morgan fingerprint density at radius 3 is 1.67 bits per heavy atom. The third-order valence-corrected chi connectivity index (χ3v) is 0.995. The van der Waals surface area contributed by atoms with Gasteiger partial charge in [-0.15, -0.1) is 0 Å². The highest BCUT2D eigenvalue weighted by atomic mass is 16.1. The van der Waals surface area contributed by atoms with Crippen LogP contribution in [0.25, 0.3) is 0 Å². The number of likely N-dealkylation sites (N-methyl/N-ethyl adjacent to an activating group) is 1. The Kier molecular flexibility index (Phi) is 10.3. The highest BCUT2D eigenvalue weighted by Crippen LogP contribution is 1.90. The van der Waals surface area contributed by atoms with Crippen LogP contribution in [0.1, 0.15) is 36.0 Å². The SMILES string of the molecule is CC(C)C.CNCC(=O)C(C)C.[HH]. The second-order valence-electron chi connectivity index (χ2n) is 3.88. The Labute approximate surface area is 78.2 Å². The molecule has 0 rings (SSSR count). The molecule has 0 aromatic heterocycles. The fourth-order valence-electron chi connectivity index (χ4n) is 0.378. The summed E-state index contributed by atoms with van der Waals surface area (Å²) in [6.07, 6.45) is 0. The molecule has 0 aliphatic heterocycles. The number of carbonyl (C=O) groups is 1. The van der Waals surface area contributed by atoms with Gasteiger partial charge in [0.25, 0.3) is 0 Å². The molecule has 0 amide bonds. The number of hydrogen-bond acceptors (Lipinski definition) is 2. The summed E-state index contributed by atoms with van der Waals surface area (Å²) in [6.45, 7) is 10.8. The van der Waals surface area contributed by atoms with E-state index in [2.05, 4.69) is 26.1 Å². The molecule has 0 unspecified atom stereocenters. The number of Topliss-reactive ketones (excluding diaryl/α,β-unsaturated/α-hetero) is 1. The van der Waals surface area contributed by atoms with Crippen molar-refractivity contribution >= 4 is 5.78 Å². The molecule has 1 N–H and O–H groups in total. The van der Waals surface area contributed by atoms with Crippen LogP contribution in [0.3, 0.4) is 0 Å². The van der Waals surface area contributed by atoms with Crippen LogP contribution in [0, 0.1) is 11.8 Å². The average Bonchev–Trinajstić information content (AvgIpc) is 1.86. The fourth-order valence-corrected chi connectivity index (χ4v) is 0.378. The van der Waals surface area contributed by atoms with E-state index in [9.17, 15) is 4.79 Å². The molecular weight excluding hydrogens is 150 g/mol. The van der Waals surface area contributed by atoms with Crippen molar-refractivity contribution in [3.05, 3.63) is 0 Å². The van der Waals surface area contributed by atoms with E-state index in [-0.39, 0.29) is 13.1 Å². The van der Waals surface area contributed by atoms with Gasteiger partial charge in [0.15, 0.2) is 0 Å².